The molecule has 3 rings (SSSR count). The zero-order valence-electron chi connectivity index (χ0n) is 12.9. The molecule has 3 aromatic rings. The third-order valence-corrected chi connectivity index (χ3v) is 3.58. The molecule has 0 aliphatic rings. The van der Waals surface area contributed by atoms with Crippen LogP contribution in [0.3, 0.4) is 0 Å². The maximum Gasteiger partial charge on any atom is 0.198 e. The van der Waals surface area contributed by atoms with Crippen molar-refractivity contribution in [2.24, 2.45) is 4.99 Å². The van der Waals surface area contributed by atoms with Crippen LogP contribution in [0.25, 0.3) is 10.9 Å². The Bertz CT molecular complexity index is 869. The predicted molar refractivity (Wildman–Crippen MR) is 94.4 cm³/mol. The fourth-order valence-corrected chi connectivity index (χ4v) is 2.53. The van der Waals surface area contributed by atoms with Crippen molar-refractivity contribution in [2.75, 3.05) is 0 Å². The Kier molecular flexibility index (Phi) is 4.26. The van der Waals surface area contributed by atoms with Gasteiger partial charge in [-0.15, -0.1) is 0 Å². The number of aromatic hydroxyl groups is 1. The summed E-state index contributed by atoms with van der Waals surface area (Å²) >= 11 is 5.97. The van der Waals surface area contributed by atoms with Crippen molar-refractivity contribution in [3.05, 3.63) is 53.1 Å². The van der Waals surface area contributed by atoms with Crippen LogP contribution in [0.1, 0.15) is 19.4 Å². The summed E-state index contributed by atoms with van der Waals surface area (Å²) in [6.45, 7) is 3.94. The van der Waals surface area contributed by atoms with E-state index in [-0.39, 0.29) is 12.0 Å². The van der Waals surface area contributed by atoms with E-state index in [2.05, 4.69) is 9.98 Å². The van der Waals surface area contributed by atoms with E-state index in [0.717, 1.165) is 10.9 Å². The number of nitrogens with one attached hydrogen (secondary N) is 1. The van der Waals surface area contributed by atoms with Gasteiger partial charge in [0.2, 0.25) is 0 Å². The molecule has 0 saturated carbocycles. The lowest BCUT2D eigenvalue weighted by molar-refractivity contribution is 0.243. The van der Waals surface area contributed by atoms with Crippen LogP contribution in [0.5, 0.6) is 11.6 Å². The zero-order valence-corrected chi connectivity index (χ0v) is 13.6. The van der Waals surface area contributed by atoms with Gasteiger partial charge in [-0.2, -0.15) is 0 Å². The second kappa shape index (κ2) is 6.34. The van der Waals surface area contributed by atoms with E-state index < -0.39 is 0 Å². The van der Waals surface area contributed by atoms with E-state index in [9.17, 15) is 5.11 Å². The maximum atomic E-state index is 10.1. The third-order valence-electron chi connectivity index (χ3n) is 3.34. The number of rotatable bonds is 4. The summed E-state index contributed by atoms with van der Waals surface area (Å²) < 4.78 is 5.75. The minimum atomic E-state index is 0.0632. The largest absolute Gasteiger partial charge is 0.494 e. The lowest BCUT2D eigenvalue weighted by Gasteiger charge is -2.11. The van der Waals surface area contributed by atoms with Gasteiger partial charge in [-0.25, -0.2) is 0 Å². The van der Waals surface area contributed by atoms with E-state index in [1.54, 1.807) is 18.3 Å². The zero-order chi connectivity index (χ0) is 16.4. The van der Waals surface area contributed by atoms with E-state index in [4.69, 9.17) is 16.3 Å². The number of hydrogen-bond acceptors (Lipinski definition) is 3. The van der Waals surface area contributed by atoms with Crippen molar-refractivity contribution in [3.63, 3.8) is 0 Å². The van der Waals surface area contributed by atoms with Gasteiger partial charge in [-0.05, 0) is 38.1 Å². The number of H-pyrrole nitrogens is 1. The van der Waals surface area contributed by atoms with Crippen LogP contribution in [0.4, 0.5) is 5.69 Å². The third kappa shape index (κ3) is 3.32. The van der Waals surface area contributed by atoms with Crippen molar-refractivity contribution in [3.8, 4) is 11.6 Å². The van der Waals surface area contributed by atoms with Crippen LogP contribution < -0.4 is 4.74 Å². The van der Waals surface area contributed by atoms with Crippen molar-refractivity contribution in [1.29, 1.82) is 0 Å². The van der Waals surface area contributed by atoms with Gasteiger partial charge in [0.25, 0.3) is 0 Å². The standard InChI is InChI=1S/C18H17ClN2O2/c1-11(2)23-17-6-4-3-5-15(17)20-10-14-13-8-7-12(19)9-16(13)21-18(14)22/h3-11,21-22H,1-2H3. The van der Waals surface area contributed by atoms with E-state index >= 15 is 0 Å². The van der Waals surface area contributed by atoms with Crippen molar-refractivity contribution in [1.82, 2.24) is 4.98 Å². The highest BCUT2D eigenvalue weighted by Gasteiger charge is 2.10. The summed E-state index contributed by atoms with van der Waals surface area (Å²) in [5.41, 5.74) is 2.10. The Balaban J connectivity index is 1.99. The first kappa shape index (κ1) is 15.4. The minimum absolute atomic E-state index is 0.0632. The number of para-hydroxylation sites is 2. The molecule has 0 unspecified atom stereocenters. The lowest BCUT2D eigenvalue weighted by Crippen LogP contribution is -2.05. The van der Waals surface area contributed by atoms with Crippen LogP contribution in [-0.2, 0) is 0 Å². The molecule has 1 heterocycles. The highest BCUT2D eigenvalue weighted by molar-refractivity contribution is 6.31. The molecular weight excluding hydrogens is 312 g/mol. The maximum absolute atomic E-state index is 10.1. The van der Waals surface area contributed by atoms with Crippen LogP contribution >= 0.6 is 11.6 Å². The topological polar surface area (TPSA) is 57.6 Å². The Hall–Kier alpha value is -2.46. The van der Waals surface area contributed by atoms with Crippen LogP contribution in [0.2, 0.25) is 5.02 Å². The number of hydrogen-bond donors (Lipinski definition) is 2. The number of aromatic amines is 1. The van der Waals surface area contributed by atoms with Gasteiger partial charge in [0.15, 0.2) is 5.88 Å². The fraction of sp³-hybridized carbons (Fsp3) is 0.167. The van der Waals surface area contributed by atoms with Gasteiger partial charge < -0.3 is 14.8 Å². The van der Waals surface area contributed by atoms with Gasteiger partial charge in [0.1, 0.15) is 11.4 Å². The van der Waals surface area contributed by atoms with Crippen molar-refractivity contribution >= 4 is 34.4 Å². The first-order chi connectivity index (χ1) is 11.0. The van der Waals surface area contributed by atoms with Crippen molar-refractivity contribution in [2.45, 2.75) is 20.0 Å². The van der Waals surface area contributed by atoms with Gasteiger partial charge in [-0.1, -0.05) is 29.8 Å². The molecule has 0 aliphatic heterocycles. The minimum Gasteiger partial charge on any atom is -0.494 e. The van der Waals surface area contributed by atoms with Gasteiger partial charge >= 0.3 is 0 Å². The Morgan fingerprint density at radius 3 is 2.78 bits per heavy atom. The second-order valence-corrected chi connectivity index (χ2v) is 5.91. The lowest BCUT2D eigenvalue weighted by atomic mass is 10.2. The molecule has 2 N–H and O–H groups in total. The number of aromatic nitrogens is 1. The monoisotopic (exact) mass is 328 g/mol. The Labute approximate surface area is 139 Å². The number of fused-ring (bicyclic) bond motifs is 1. The molecule has 23 heavy (non-hydrogen) atoms. The van der Waals surface area contributed by atoms with Gasteiger partial charge in [-0.3, -0.25) is 4.99 Å². The second-order valence-electron chi connectivity index (χ2n) is 5.47. The summed E-state index contributed by atoms with van der Waals surface area (Å²) in [6.07, 6.45) is 1.69. The summed E-state index contributed by atoms with van der Waals surface area (Å²) in [7, 11) is 0. The number of benzene rings is 2. The van der Waals surface area contributed by atoms with Crippen LogP contribution in [0, 0.1) is 0 Å². The van der Waals surface area contributed by atoms with E-state index in [1.807, 2.05) is 44.2 Å². The average molecular weight is 329 g/mol. The fourth-order valence-electron chi connectivity index (χ4n) is 2.36. The summed E-state index contributed by atoms with van der Waals surface area (Å²) in [5.74, 6) is 0.773. The molecule has 0 amide bonds. The van der Waals surface area contributed by atoms with Gasteiger partial charge in [0.05, 0.1) is 17.2 Å². The molecule has 2 aromatic carbocycles. The number of ether oxygens (including phenoxy) is 1. The normalized spacial score (nSPS) is 11.7. The molecule has 1 aromatic heterocycles. The molecular formula is C18H17ClN2O2. The summed E-state index contributed by atoms with van der Waals surface area (Å²) in [4.78, 5) is 7.37. The number of nitrogens with zero attached hydrogens (tertiary/aromatic N) is 1. The Morgan fingerprint density at radius 2 is 2.00 bits per heavy atom. The highest BCUT2D eigenvalue weighted by Crippen LogP contribution is 2.31. The Morgan fingerprint density at radius 1 is 1.22 bits per heavy atom. The predicted octanol–water partition coefficient (Wildman–Crippen LogP) is 5.06. The first-order valence-corrected chi connectivity index (χ1v) is 7.72. The molecule has 0 spiro atoms. The molecule has 4 nitrogen and oxygen atoms in total. The molecule has 0 saturated heterocycles. The molecule has 0 bridgehead atoms. The summed E-state index contributed by atoms with van der Waals surface area (Å²) in [5, 5.41) is 11.6. The number of aliphatic imine (C=N–C) groups is 1. The molecule has 118 valence electrons. The molecule has 5 heteroatoms. The molecule has 0 aliphatic carbocycles. The average Bonchev–Trinajstić information content (AvgIpc) is 2.80. The van der Waals surface area contributed by atoms with Crippen LogP contribution in [-0.4, -0.2) is 22.4 Å². The molecule has 0 atom stereocenters. The first-order valence-electron chi connectivity index (χ1n) is 7.34. The van der Waals surface area contributed by atoms with Crippen molar-refractivity contribution < 1.29 is 9.84 Å². The molecule has 0 fully saturated rings. The summed E-state index contributed by atoms with van der Waals surface area (Å²) in [6, 6.07) is 13.0. The number of halogens is 1. The van der Waals surface area contributed by atoms with E-state index in [0.29, 0.717) is 22.0 Å². The smallest absolute Gasteiger partial charge is 0.198 e. The van der Waals surface area contributed by atoms with Crippen LogP contribution in [0.15, 0.2) is 47.5 Å². The molecule has 0 radical (unpaired) electrons. The van der Waals surface area contributed by atoms with E-state index in [1.165, 1.54) is 0 Å². The van der Waals surface area contributed by atoms with Gasteiger partial charge in [0, 0.05) is 16.6 Å². The highest BCUT2D eigenvalue weighted by atomic mass is 35.5. The quantitative estimate of drug-likeness (QED) is 0.657. The SMILES string of the molecule is CC(C)Oc1ccccc1N=Cc1c(O)[nH]c2cc(Cl)ccc12.